The Kier molecular flexibility index (Phi) is 8.83. The van der Waals surface area contributed by atoms with Gasteiger partial charge >= 0.3 is 0 Å². The van der Waals surface area contributed by atoms with E-state index < -0.39 is 5.25 Å². The lowest BCUT2D eigenvalue weighted by atomic mass is 9.96. The predicted molar refractivity (Wildman–Crippen MR) is 154 cm³/mol. The number of nitrogens with two attached hydrogens (primary N) is 1. The van der Waals surface area contributed by atoms with Crippen LogP contribution in [0.1, 0.15) is 37.0 Å². The van der Waals surface area contributed by atoms with Crippen LogP contribution in [0.2, 0.25) is 0 Å². The van der Waals surface area contributed by atoms with Crippen LogP contribution in [-0.2, 0) is 11.2 Å². The highest BCUT2D eigenvalue weighted by Gasteiger charge is 2.25. The van der Waals surface area contributed by atoms with Crippen LogP contribution in [0.25, 0.3) is 11.1 Å². The molecule has 39 heavy (non-hydrogen) atoms. The minimum absolute atomic E-state index is 0.0258. The van der Waals surface area contributed by atoms with Crippen LogP contribution < -0.4 is 15.8 Å². The molecule has 4 rings (SSSR count). The lowest BCUT2D eigenvalue weighted by Gasteiger charge is -2.18. The van der Waals surface area contributed by atoms with Crippen molar-refractivity contribution in [2.75, 3.05) is 11.1 Å². The summed E-state index contributed by atoms with van der Waals surface area (Å²) >= 11 is 1.16. The summed E-state index contributed by atoms with van der Waals surface area (Å²) in [6.07, 6.45) is 1.35. The minimum atomic E-state index is -0.549. The Bertz CT molecular complexity index is 1540. The summed E-state index contributed by atoms with van der Waals surface area (Å²) in [5.74, 6) is 1.16. The fraction of sp³-hybridized carbons (Fsp3) is 0.161. The molecule has 0 bridgehead atoms. The monoisotopic (exact) mass is 533 g/mol. The van der Waals surface area contributed by atoms with Crippen molar-refractivity contribution in [1.82, 2.24) is 4.98 Å². The Morgan fingerprint density at radius 1 is 0.949 bits per heavy atom. The van der Waals surface area contributed by atoms with Gasteiger partial charge in [-0.05, 0) is 60.4 Å². The van der Waals surface area contributed by atoms with Crippen LogP contribution >= 0.6 is 11.8 Å². The second-order valence-electron chi connectivity index (χ2n) is 8.64. The molecule has 1 amide bonds. The highest BCUT2D eigenvalue weighted by atomic mass is 32.2. The van der Waals surface area contributed by atoms with Gasteiger partial charge in [-0.15, -0.1) is 0 Å². The van der Waals surface area contributed by atoms with Crippen LogP contribution in [0, 0.1) is 22.7 Å². The Labute approximate surface area is 232 Å². The van der Waals surface area contributed by atoms with E-state index >= 15 is 0 Å². The van der Waals surface area contributed by atoms with Gasteiger partial charge in [0, 0.05) is 11.3 Å². The van der Waals surface area contributed by atoms with E-state index in [9.17, 15) is 15.3 Å². The van der Waals surface area contributed by atoms with Crippen molar-refractivity contribution >= 4 is 29.2 Å². The fourth-order valence-corrected chi connectivity index (χ4v) is 5.01. The Morgan fingerprint density at radius 3 is 2.18 bits per heavy atom. The van der Waals surface area contributed by atoms with Gasteiger partial charge < -0.3 is 15.8 Å². The molecule has 1 unspecified atom stereocenters. The lowest BCUT2D eigenvalue weighted by molar-refractivity contribution is -0.115. The van der Waals surface area contributed by atoms with E-state index in [1.165, 1.54) is 0 Å². The molecule has 0 radical (unpaired) electrons. The van der Waals surface area contributed by atoms with E-state index in [0.717, 1.165) is 29.5 Å². The molecule has 1 heterocycles. The van der Waals surface area contributed by atoms with Gasteiger partial charge in [-0.3, -0.25) is 4.79 Å². The molecular weight excluding hydrogens is 506 g/mol. The molecule has 4 aromatic rings. The number of ether oxygens (including phenoxy) is 1. The van der Waals surface area contributed by atoms with E-state index in [2.05, 4.69) is 29.4 Å². The van der Waals surface area contributed by atoms with Crippen LogP contribution in [-0.4, -0.2) is 16.1 Å². The Morgan fingerprint density at radius 2 is 1.59 bits per heavy atom. The molecular formula is C31H27N5O2S. The quantitative estimate of drug-likeness (QED) is 0.223. The number of hydrogen-bond donors (Lipinski definition) is 2. The van der Waals surface area contributed by atoms with E-state index in [1.54, 1.807) is 24.3 Å². The smallest absolute Gasteiger partial charge is 0.237 e. The van der Waals surface area contributed by atoms with Crippen LogP contribution in [0.3, 0.4) is 0 Å². The van der Waals surface area contributed by atoms with Crippen molar-refractivity contribution in [2.24, 2.45) is 0 Å². The first kappa shape index (κ1) is 27.3. The standard InChI is InChI=1S/C31H27N5O2S/c1-3-20-10-12-21(13-11-20)28-25(18-32)29(34)36-31(26(28)19-33)39-27(4-2)30(37)35-22-14-16-24(17-15-22)38-23-8-6-5-7-9-23/h5-17,27H,3-4H2,1-2H3,(H2,34,36)(H,35,37). The summed E-state index contributed by atoms with van der Waals surface area (Å²) in [5, 5.41) is 22.6. The number of carbonyl (C=O) groups excluding carboxylic acids is 1. The fourth-order valence-electron chi connectivity index (χ4n) is 3.99. The molecule has 0 spiro atoms. The normalized spacial score (nSPS) is 11.2. The third kappa shape index (κ3) is 6.38. The first-order chi connectivity index (χ1) is 19.0. The predicted octanol–water partition coefficient (Wildman–Crippen LogP) is 6.94. The summed E-state index contributed by atoms with van der Waals surface area (Å²) in [4.78, 5) is 17.6. The zero-order valence-corrected chi connectivity index (χ0v) is 22.5. The number of nitrogen functional groups attached to an aromatic ring is 1. The summed E-state index contributed by atoms with van der Waals surface area (Å²) in [5.41, 5.74) is 9.42. The summed E-state index contributed by atoms with van der Waals surface area (Å²) in [6.45, 7) is 3.94. The number of nitrogens with one attached hydrogen (secondary N) is 1. The van der Waals surface area contributed by atoms with Gasteiger partial charge in [0.1, 0.15) is 40.0 Å². The number of carbonyl (C=O) groups is 1. The third-order valence-electron chi connectivity index (χ3n) is 6.08. The molecule has 0 aliphatic rings. The maximum Gasteiger partial charge on any atom is 0.237 e. The molecule has 0 saturated carbocycles. The van der Waals surface area contributed by atoms with Gasteiger partial charge in [0.2, 0.25) is 5.91 Å². The van der Waals surface area contributed by atoms with E-state index in [-0.39, 0.29) is 22.9 Å². The summed E-state index contributed by atoms with van der Waals surface area (Å²) < 4.78 is 5.81. The van der Waals surface area contributed by atoms with Gasteiger partial charge in [0.25, 0.3) is 0 Å². The highest BCUT2D eigenvalue weighted by molar-refractivity contribution is 8.00. The molecule has 0 aliphatic carbocycles. The molecule has 0 saturated heterocycles. The highest BCUT2D eigenvalue weighted by Crippen LogP contribution is 2.38. The number of para-hydroxylation sites is 1. The van der Waals surface area contributed by atoms with E-state index in [0.29, 0.717) is 34.0 Å². The van der Waals surface area contributed by atoms with Gasteiger partial charge in [0.15, 0.2) is 0 Å². The maximum absolute atomic E-state index is 13.2. The van der Waals surface area contributed by atoms with Crippen molar-refractivity contribution in [3.05, 3.63) is 95.6 Å². The average Bonchev–Trinajstić information content (AvgIpc) is 2.97. The molecule has 3 aromatic carbocycles. The van der Waals surface area contributed by atoms with Gasteiger partial charge in [-0.1, -0.05) is 68.1 Å². The SMILES string of the molecule is CCc1ccc(-c2c(C#N)c(N)nc(SC(CC)C(=O)Nc3ccc(Oc4ccccc4)cc3)c2C#N)cc1. The third-order valence-corrected chi connectivity index (χ3v) is 7.43. The number of nitriles is 2. The van der Waals surface area contributed by atoms with E-state index in [1.807, 2.05) is 61.5 Å². The molecule has 1 atom stereocenters. The van der Waals surface area contributed by atoms with Crippen molar-refractivity contribution in [2.45, 2.75) is 37.0 Å². The number of hydrogen-bond acceptors (Lipinski definition) is 7. The molecule has 0 aliphatic heterocycles. The molecule has 1 aromatic heterocycles. The maximum atomic E-state index is 13.2. The molecule has 8 heteroatoms. The molecule has 3 N–H and O–H groups in total. The van der Waals surface area contributed by atoms with Crippen LogP contribution in [0.5, 0.6) is 11.5 Å². The first-order valence-corrected chi connectivity index (χ1v) is 13.4. The second kappa shape index (κ2) is 12.6. The number of amides is 1. The number of thioether (sulfide) groups is 1. The largest absolute Gasteiger partial charge is 0.457 e. The van der Waals surface area contributed by atoms with Crippen molar-refractivity contribution < 1.29 is 9.53 Å². The van der Waals surface area contributed by atoms with Crippen molar-refractivity contribution in [3.8, 4) is 34.8 Å². The summed E-state index contributed by atoms with van der Waals surface area (Å²) in [6, 6.07) is 28.5. The zero-order chi connectivity index (χ0) is 27.8. The Balaban J connectivity index is 1.56. The topological polar surface area (TPSA) is 125 Å². The number of anilines is 2. The van der Waals surface area contributed by atoms with Crippen molar-refractivity contribution in [1.29, 1.82) is 10.5 Å². The number of nitrogens with zero attached hydrogens (tertiary/aromatic N) is 3. The Hall–Kier alpha value is -4.79. The van der Waals surface area contributed by atoms with Crippen molar-refractivity contribution in [3.63, 3.8) is 0 Å². The van der Waals surface area contributed by atoms with Crippen LogP contribution in [0.15, 0.2) is 83.9 Å². The first-order valence-electron chi connectivity index (χ1n) is 12.5. The number of pyridine rings is 1. The van der Waals surface area contributed by atoms with Gasteiger partial charge in [0.05, 0.1) is 10.8 Å². The zero-order valence-electron chi connectivity index (χ0n) is 21.6. The molecule has 194 valence electrons. The van der Waals surface area contributed by atoms with E-state index in [4.69, 9.17) is 10.5 Å². The minimum Gasteiger partial charge on any atom is -0.457 e. The second-order valence-corrected chi connectivity index (χ2v) is 9.84. The average molecular weight is 534 g/mol. The van der Waals surface area contributed by atoms with Crippen LogP contribution in [0.4, 0.5) is 11.5 Å². The molecule has 0 fully saturated rings. The number of benzene rings is 3. The lowest BCUT2D eigenvalue weighted by Crippen LogP contribution is -2.25. The number of rotatable bonds is 9. The molecule has 7 nitrogen and oxygen atoms in total. The van der Waals surface area contributed by atoms with Gasteiger partial charge in [-0.25, -0.2) is 4.98 Å². The number of aryl methyl sites for hydroxylation is 1. The summed E-state index contributed by atoms with van der Waals surface area (Å²) in [7, 11) is 0. The van der Waals surface area contributed by atoms with Gasteiger partial charge in [-0.2, -0.15) is 10.5 Å². The number of aromatic nitrogens is 1.